The lowest BCUT2D eigenvalue weighted by Crippen LogP contribution is -2.68. The molecular formula is C27H32N2O. The minimum atomic E-state index is 0.182. The van der Waals surface area contributed by atoms with Crippen LogP contribution >= 0.6 is 0 Å². The molecule has 3 aliphatic carbocycles. The first-order valence-electron chi connectivity index (χ1n) is 11.7. The second-order valence-electron chi connectivity index (χ2n) is 10.2. The number of nitrogens with zero attached hydrogens (tertiary/aromatic N) is 1. The van der Waals surface area contributed by atoms with Gasteiger partial charge < -0.3 is 10.2 Å². The van der Waals surface area contributed by atoms with E-state index < -0.39 is 0 Å². The van der Waals surface area contributed by atoms with Crippen LogP contribution in [0.3, 0.4) is 0 Å². The number of hydrogen-bond acceptors (Lipinski definition) is 2. The van der Waals surface area contributed by atoms with Crippen LogP contribution in [0.1, 0.15) is 54.1 Å². The fourth-order valence-electron chi connectivity index (χ4n) is 8.51. The molecule has 3 heteroatoms. The Balaban J connectivity index is 1.46. The normalized spacial score (nSPS) is 38.5. The topological polar surface area (TPSA) is 32.3 Å². The summed E-state index contributed by atoms with van der Waals surface area (Å²) >= 11 is 0. The standard InChI is InChI=1S/C27H32N2O/c1-18-26-14-12-23(24(13-15-26)29(2)25(30)19-8-4-3-5-9-19)27(26)21(17-28-18)16-20-10-6-7-11-22(20)27/h3-11,18,21,23-24,28H,12-17H2,1-2H3. The first-order chi connectivity index (χ1) is 14.6. The highest BCUT2D eigenvalue weighted by molar-refractivity contribution is 5.94. The molecule has 6 atom stereocenters. The molecule has 6 unspecified atom stereocenters. The van der Waals surface area contributed by atoms with Crippen LogP contribution in [0.25, 0.3) is 0 Å². The molecule has 0 radical (unpaired) electrons. The van der Waals surface area contributed by atoms with Crippen molar-refractivity contribution in [2.75, 3.05) is 13.6 Å². The van der Waals surface area contributed by atoms with E-state index in [9.17, 15) is 4.79 Å². The fourth-order valence-corrected chi connectivity index (χ4v) is 8.51. The van der Waals surface area contributed by atoms with Gasteiger partial charge in [0, 0.05) is 30.1 Å². The minimum absolute atomic E-state index is 0.182. The SMILES string of the molecule is CC1NCC2Cc3ccccc3C23C2CCC13CCC2N(C)C(=O)c1ccccc1. The summed E-state index contributed by atoms with van der Waals surface area (Å²) in [4.78, 5) is 15.5. The maximum absolute atomic E-state index is 13.4. The van der Waals surface area contributed by atoms with Crippen molar-refractivity contribution >= 4 is 5.91 Å². The van der Waals surface area contributed by atoms with E-state index in [1.54, 1.807) is 11.1 Å². The van der Waals surface area contributed by atoms with Crippen molar-refractivity contribution in [2.24, 2.45) is 17.3 Å². The van der Waals surface area contributed by atoms with Crippen LogP contribution in [0.5, 0.6) is 0 Å². The lowest BCUT2D eigenvalue weighted by molar-refractivity contribution is -0.0629. The number of hydrogen-bond donors (Lipinski definition) is 1. The van der Waals surface area contributed by atoms with Gasteiger partial charge in [-0.3, -0.25) is 4.79 Å². The number of amides is 1. The van der Waals surface area contributed by atoms with Crippen LogP contribution in [0.2, 0.25) is 0 Å². The van der Waals surface area contributed by atoms with E-state index in [-0.39, 0.29) is 11.3 Å². The predicted molar refractivity (Wildman–Crippen MR) is 119 cm³/mol. The summed E-state index contributed by atoms with van der Waals surface area (Å²) in [5.41, 5.74) is 4.56. The lowest BCUT2D eigenvalue weighted by Gasteiger charge is -2.62. The van der Waals surface area contributed by atoms with Crippen LogP contribution in [0, 0.1) is 17.3 Å². The van der Waals surface area contributed by atoms with Gasteiger partial charge in [0.05, 0.1) is 0 Å². The van der Waals surface area contributed by atoms with Gasteiger partial charge in [0.1, 0.15) is 0 Å². The summed E-state index contributed by atoms with van der Waals surface area (Å²) < 4.78 is 0. The molecule has 3 nitrogen and oxygen atoms in total. The van der Waals surface area contributed by atoms with Crippen molar-refractivity contribution in [3.8, 4) is 0 Å². The highest BCUT2D eigenvalue weighted by Crippen LogP contribution is 2.72. The number of nitrogens with one attached hydrogen (secondary N) is 1. The average Bonchev–Trinajstić information content (AvgIpc) is 3.23. The van der Waals surface area contributed by atoms with Gasteiger partial charge in [0.25, 0.3) is 5.91 Å². The Hall–Kier alpha value is -2.13. The summed E-state index contributed by atoms with van der Waals surface area (Å²) in [6, 6.07) is 20.0. The maximum Gasteiger partial charge on any atom is 0.253 e. The van der Waals surface area contributed by atoms with Gasteiger partial charge in [-0.15, -0.1) is 0 Å². The molecule has 2 saturated carbocycles. The highest BCUT2D eigenvalue weighted by atomic mass is 16.2. The van der Waals surface area contributed by atoms with Crippen LogP contribution in [-0.2, 0) is 11.8 Å². The van der Waals surface area contributed by atoms with E-state index in [2.05, 4.69) is 48.5 Å². The van der Waals surface area contributed by atoms with Crippen LogP contribution in [0.4, 0.5) is 0 Å². The summed E-state index contributed by atoms with van der Waals surface area (Å²) in [6.07, 6.45) is 6.08. The average molecular weight is 401 g/mol. The number of carbonyl (C=O) groups is 1. The molecule has 1 aliphatic heterocycles. The van der Waals surface area contributed by atoms with Gasteiger partial charge >= 0.3 is 0 Å². The van der Waals surface area contributed by atoms with Crippen LogP contribution in [-0.4, -0.2) is 36.5 Å². The smallest absolute Gasteiger partial charge is 0.253 e. The highest BCUT2D eigenvalue weighted by Gasteiger charge is 2.72. The van der Waals surface area contributed by atoms with Crippen LogP contribution < -0.4 is 5.32 Å². The number of carbonyl (C=O) groups excluding carboxylic acids is 1. The van der Waals surface area contributed by atoms with Gasteiger partial charge in [-0.25, -0.2) is 0 Å². The molecule has 30 heavy (non-hydrogen) atoms. The number of rotatable bonds is 2. The molecule has 3 fully saturated rings. The molecule has 2 aromatic carbocycles. The second kappa shape index (κ2) is 6.43. The monoisotopic (exact) mass is 400 g/mol. The Labute approximate surface area is 179 Å². The van der Waals surface area contributed by atoms with E-state index in [0.717, 1.165) is 18.5 Å². The molecule has 1 amide bonds. The molecule has 1 saturated heterocycles. The van der Waals surface area contributed by atoms with Crippen LogP contribution in [0.15, 0.2) is 54.6 Å². The second-order valence-corrected chi connectivity index (χ2v) is 10.2. The van der Waals surface area contributed by atoms with E-state index in [1.165, 1.54) is 25.7 Å². The van der Waals surface area contributed by atoms with Gasteiger partial charge in [-0.05, 0) is 86.1 Å². The Morgan fingerprint density at radius 3 is 2.60 bits per heavy atom. The molecule has 2 bridgehead atoms. The van der Waals surface area contributed by atoms with Crippen molar-refractivity contribution in [1.29, 1.82) is 0 Å². The number of piperidine rings is 1. The zero-order valence-electron chi connectivity index (χ0n) is 18.1. The summed E-state index contributed by atoms with van der Waals surface area (Å²) in [5, 5.41) is 3.91. The molecule has 2 aromatic rings. The van der Waals surface area contributed by atoms with E-state index in [0.29, 0.717) is 29.3 Å². The molecule has 156 valence electrons. The van der Waals surface area contributed by atoms with Crippen molar-refractivity contribution in [2.45, 2.75) is 56.5 Å². The van der Waals surface area contributed by atoms with E-state index >= 15 is 0 Å². The van der Waals surface area contributed by atoms with Gasteiger partial charge in [-0.1, -0.05) is 42.5 Å². The van der Waals surface area contributed by atoms with Gasteiger partial charge in [0.2, 0.25) is 0 Å². The predicted octanol–water partition coefficient (Wildman–Crippen LogP) is 4.42. The third-order valence-corrected chi connectivity index (χ3v) is 9.57. The molecular weight excluding hydrogens is 368 g/mol. The van der Waals surface area contributed by atoms with Gasteiger partial charge in [-0.2, -0.15) is 0 Å². The quantitative estimate of drug-likeness (QED) is 0.809. The summed E-state index contributed by atoms with van der Waals surface area (Å²) in [5.74, 6) is 1.39. The van der Waals surface area contributed by atoms with E-state index in [1.807, 2.05) is 30.3 Å². The zero-order valence-corrected chi connectivity index (χ0v) is 18.1. The Kier molecular flexibility index (Phi) is 3.99. The Bertz CT molecular complexity index is 987. The number of benzene rings is 2. The zero-order chi connectivity index (χ0) is 20.5. The van der Waals surface area contributed by atoms with Crippen molar-refractivity contribution < 1.29 is 4.79 Å². The van der Waals surface area contributed by atoms with Crippen molar-refractivity contribution in [3.05, 3.63) is 71.3 Å². The molecule has 6 rings (SSSR count). The third kappa shape index (κ3) is 2.12. The third-order valence-electron chi connectivity index (χ3n) is 9.57. The Morgan fingerprint density at radius 1 is 1.03 bits per heavy atom. The summed E-state index contributed by atoms with van der Waals surface area (Å²) in [7, 11) is 2.06. The Morgan fingerprint density at radius 2 is 1.77 bits per heavy atom. The van der Waals surface area contributed by atoms with Crippen molar-refractivity contribution in [3.63, 3.8) is 0 Å². The van der Waals surface area contributed by atoms with E-state index in [4.69, 9.17) is 0 Å². The minimum Gasteiger partial charge on any atom is -0.338 e. The first-order valence-corrected chi connectivity index (χ1v) is 11.7. The molecule has 1 N–H and O–H groups in total. The lowest BCUT2D eigenvalue weighted by atomic mass is 9.46. The molecule has 4 aliphatic rings. The summed E-state index contributed by atoms with van der Waals surface area (Å²) in [6.45, 7) is 3.54. The van der Waals surface area contributed by atoms with Gasteiger partial charge in [0.15, 0.2) is 0 Å². The largest absolute Gasteiger partial charge is 0.338 e. The molecule has 0 aromatic heterocycles. The number of fused-ring (bicyclic) bond motifs is 1. The molecule has 1 heterocycles. The molecule has 1 spiro atoms. The maximum atomic E-state index is 13.4. The van der Waals surface area contributed by atoms with Crippen molar-refractivity contribution in [1.82, 2.24) is 10.2 Å². The first kappa shape index (κ1) is 18.6. The fraction of sp³-hybridized carbons (Fsp3) is 0.519.